The van der Waals surface area contributed by atoms with Gasteiger partial charge in [0.05, 0.1) is 13.2 Å². The van der Waals surface area contributed by atoms with Gasteiger partial charge >= 0.3 is 0 Å². The van der Waals surface area contributed by atoms with E-state index in [9.17, 15) is 0 Å². The minimum Gasteiger partial charge on any atom is -0.475 e. The molecule has 4 nitrogen and oxygen atoms in total. The second-order valence-corrected chi connectivity index (χ2v) is 3.48. The number of halogens is 1. The first-order chi connectivity index (χ1) is 6.83. The summed E-state index contributed by atoms with van der Waals surface area (Å²) >= 11 is 3.33. The van der Waals surface area contributed by atoms with E-state index in [1.807, 2.05) is 12.1 Å². The molecule has 1 aromatic rings. The Balaban J connectivity index is 2.18. The van der Waals surface area contributed by atoms with Crippen LogP contribution in [-0.4, -0.2) is 31.3 Å². The van der Waals surface area contributed by atoms with Gasteiger partial charge < -0.3 is 15.2 Å². The molecule has 5 heteroatoms. The summed E-state index contributed by atoms with van der Waals surface area (Å²) in [5, 5.41) is 0. The molecule has 0 aliphatic rings. The zero-order valence-electron chi connectivity index (χ0n) is 7.78. The molecule has 0 unspecified atom stereocenters. The molecule has 0 bridgehead atoms. The third-order valence-electron chi connectivity index (χ3n) is 1.44. The lowest BCUT2D eigenvalue weighted by Gasteiger charge is -2.05. The van der Waals surface area contributed by atoms with Crippen LogP contribution in [0.1, 0.15) is 0 Å². The summed E-state index contributed by atoms with van der Waals surface area (Å²) in [5.41, 5.74) is 5.26. The number of ether oxygens (including phenoxy) is 2. The lowest BCUT2D eigenvalue weighted by Crippen LogP contribution is -2.13. The molecule has 1 heterocycles. The normalized spacial score (nSPS) is 10.1. The minimum atomic E-state index is 0.490. The van der Waals surface area contributed by atoms with Crippen molar-refractivity contribution in [1.82, 2.24) is 4.98 Å². The van der Waals surface area contributed by atoms with E-state index >= 15 is 0 Å². The Bertz CT molecular complexity index is 271. The van der Waals surface area contributed by atoms with Crippen LogP contribution >= 0.6 is 15.9 Å². The summed E-state index contributed by atoms with van der Waals surface area (Å²) < 4.78 is 11.4. The molecule has 1 aromatic heterocycles. The molecule has 0 spiro atoms. The van der Waals surface area contributed by atoms with Crippen molar-refractivity contribution in [2.75, 3.05) is 26.4 Å². The van der Waals surface area contributed by atoms with Gasteiger partial charge in [0.15, 0.2) is 0 Å². The first kappa shape index (κ1) is 11.4. The van der Waals surface area contributed by atoms with E-state index in [-0.39, 0.29) is 0 Å². The lowest BCUT2D eigenvalue weighted by atomic mass is 10.5. The molecule has 0 aromatic carbocycles. The van der Waals surface area contributed by atoms with Crippen LogP contribution in [0.4, 0.5) is 0 Å². The maximum absolute atomic E-state index is 5.33. The summed E-state index contributed by atoms with van der Waals surface area (Å²) in [6.45, 7) is 2.12. The highest BCUT2D eigenvalue weighted by Crippen LogP contribution is 2.14. The number of nitrogens with two attached hydrogens (primary N) is 1. The molecule has 0 radical (unpaired) electrons. The fraction of sp³-hybridized carbons (Fsp3) is 0.444. The van der Waals surface area contributed by atoms with Crippen LogP contribution in [0.2, 0.25) is 0 Å². The third kappa shape index (κ3) is 4.55. The molecule has 0 saturated heterocycles. The van der Waals surface area contributed by atoms with Gasteiger partial charge in [0.2, 0.25) is 5.88 Å². The van der Waals surface area contributed by atoms with Crippen LogP contribution in [0.25, 0.3) is 0 Å². The van der Waals surface area contributed by atoms with Gasteiger partial charge in [0, 0.05) is 23.3 Å². The molecule has 78 valence electrons. The van der Waals surface area contributed by atoms with E-state index in [4.69, 9.17) is 15.2 Å². The molecule has 14 heavy (non-hydrogen) atoms. The molecular weight excluding hydrogens is 248 g/mol. The topological polar surface area (TPSA) is 57.4 Å². The van der Waals surface area contributed by atoms with Crippen LogP contribution in [-0.2, 0) is 4.74 Å². The fourth-order valence-corrected chi connectivity index (χ4v) is 1.17. The standard InChI is InChI=1S/C9H13BrN2O2/c10-8-1-3-12-9(7-8)14-6-5-13-4-2-11/h1,3,7H,2,4-6,11H2. The maximum atomic E-state index is 5.33. The van der Waals surface area contributed by atoms with Crippen LogP contribution in [0.15, 0.2) is 22.8 Å². The lowest BCUT2D eigenvalue weighted by molar-refractivity contribution is 0.104. The summed E-state index contributed by atoms with van der Waals surface area (Å²) in [6.07, 6.45) is 1.68. The number of rotatable bonds is 6. The van der Waals surface area contributed by atoms with Crippen molar-refractivity contribution < 1.29 is 9.47 Å². The smallest absolute Gasteiger partial charge is 0.214 e. The Hall–Kier alpha value is -0.650. The second kappa shape index (κ2) is 6.75. The molecule has 1 rings (SSSR count). The van der Waals surface area contributed by atoms with Crippen molar-refractivity contribution in [2.24, 2.45) is 5.73 Å². The van der Waals surface area contributed by atoms with E-state index in [2.05, 4.69) is 20.9 Å². The van der Waals surface area contributed by atoms with Crippen LogP contribution < -0.4 is 10.5 Å². The van der Waals surface area contributed by atoms with Crippen molar-refractivity contribution >= 4 is 15.9 Å². The predicted molar refractivity (Wildman–Crippen MR) is 57.3 cm³/mol. The molecule has 0 fully saturated rings. The molecule has 0 aliphatic carbocycles. The summed E-state index contributed by atoms with van der Waals surface area (Å²) in [5.74, 6) is 0.593. The van der Waals surface area contributed by atoms with Crippen molar-refractivity contribution in [3.8, 4) is 5.88 Å². The SMILES string of the molecule is NCCOCCOc1cc(Br)ccn1. The van der Waals surface area contributed by atoms with E-state index < -0.39 is 0 Å². The Kier molecular flexibility index (Phi) is 5.51. The zero-order valence-corrected chi connectivity index (χ0v) is 9.37. The highest BCUT2D eigenvalue weighted by atomic mass is 79.9. The van der Waals surface area contributed by atoms with E-state index in [1.165, 1.54) is 0 Å². The number of nitrogens with zero attached hydrogens (tertiary/aromatic N) is 1. The molecule has 2 N–H and O–H groups in total. The van der Waals surface area contributed by atoms with Gasteiger partial charge in [-0.3, -0.25) is 0 Å². The van der Waals surface area contributed by atoms with Gasteiger partial charge in [-0.2, -0.15) is 0 Å². The molecule has 0 saturated carbocycles. The largest absolute Gasteiger partial charge is 0.475 e. The van der Waals surface area contributed by atoms with Gasteiger partial charge in [0.1, 0.15) is 6.61 Å². The Labute approximate surface area is 91.5 Å². The molecule has 0 atom stereocenters. The first-order valence-electron chi connectivity index (χ1n) is 4.35. The molecule has 0 amide bonds. The quantitative estimate of drug-likeness (QED) is 0.782. The predicted octanol–water partition coefficient (Wildman–Crippen LogP) is 1.20. The Morgan fingerprint density at radius 3 is 2.93 bits per heavy atom. The van der Waals surface area contributed by atoms with Crippen molar-refractivity contribution in [2.45, 2.75) is 0 Å². The van der Waals surface area contributed by atoms with Crippen LogP contribution in [0.5, 0.6) is 5.88 Å². The number of aromatic nitrogens is 1. The van der Waals surface area contributed by atoms with Crippen LogP contribution in [0.3, 0.4) is 0 Å². The zero-order chi connectivity index (χ0) is 10.2. The summed E-state index contributed by atoms with van der Waals surface area (Å²) in [6, 6.07) is 3.65. The number of pyridine rings is 1. The van der Waals surface area contributed by atoms with Crippen molar-refractivity contribution in [3.63, 3.8) is 0 Å². The van der Waals surface area contributed by atoms with Gasteiger partial charge in [-0.25, -0.2) is 4.98 Å². The second-order valence-electron chi connectivity index (χ2n) is 2.56. The average Bonchev–Trinajstić information content (AvgIpc) is 2.18. The minimum absolute atomic E-state index is 0.490. The summed E-state index contributed by atoms with van der Waals surface area (Å²) in [4.78, 5) is 4.02. The van der Waals surface area contributed by atoms with Crippen molar-refractivity contribution in [3.05, 3.63) is 22.8 Å². The average molecular weight is 261 g/mol. The van der Waals surface area contributed by atoms with Gasteiger partial charge in [-0.15, -0.1) is 0 Å². The van der Waals surface area contributed by atoms with Crippen molar-refractivity contribution in [1.29, 1.82) is 0 Å². The Morgan fingerprint density at radius 1 is 1.36 bits per heavy atom. The van der Waals surface area contributed by atoms with E-state index in [0.717, 1.165) is 4.47 Å². The highest BCUT2D eigenvalue weighted by molar-refractivity contribution is 9.10. The van der Waals surface area contributed by atoms with E-state index in [0.29, 0.717) is 32.2 Å². The summed E-state index contributed by atoms with van der Waals surface area (Å²) in [7, 11) is 0. The van der Waals surface area contributed by atoms with Gasteiger partial charge in [-0.05, 0) is 6.07 Å². The number of hydrogen-bond donors (Lipinski definition) is 1. The third-order valence-corrected chi connectivity index (χ3v) is 1.93. The fourth-order valence-electron chi connectivity index (χ4n) is 0.855. The first-order valence-corrected chi connectivity index (χ1v) is 5.14. The maximum Gasteiger partial charge on any atom is 0.214 e. The van der Waals surface area contributed by atoms with Gasteiger partial charge in [-0.1, -0.05) is 15.9 Å². The molecular formula is C9H13BrN2O2. The Morgan fingerprint density at radius 2 is 2.21 bits per heavy atom. The molecule has 0 aliphatic heterocycles. The van der Waals surface area contributed by atoms with Crippen LogP contribution in [0, 0.1) is 0 Å². The highest BCUT2D eigenvalue weighted by Gasteiger charge is 1.95. The van der Waals surface area contributed by atoms with E-state index in [1.54, 1.807) is 6.20 Å². The van der Waals surface area contributed by atoms with Gasteiger partial charge in [0.25, 0.3) is 0 Å². The number of hydrogen-bond acceptors (Lipinski definition) is 4. The monoisotopic (exact) mass is 260 g/mol.